The molecular formula is C41H43IrNO4P-3. The second-order valence-corrected chi connectivity index (χ2v) is 12.3. The van der Waals surface area contributed by atoms with E-state index < -0.39 is 8.53 Å². The fourth-order valence-corrected chi connectivity index (χ4v) is 8.13. The molecule has 253 valence electrons. The molecule has 2 atom stereocenters. The summed E-state index contributed by atoms with van der Waals surface area (Å²) in [5.41, 5.74) is 4.04. The topological polar surface area (TPSA) is 40.2 Å². The van der Waals surface area contributed by atoms with Crippen molar-refractivity contribution in [1.29, 1.82) is 0 Å². The van der Waals surface area contributed by atoms with Crippen LogP contribution in [0.2, 0.25) is 0 Å². The zero-order valence-corrected chi connectivity index (χ0v) is 31.7. The minimum Gasteiger partial charge on any atom is -0.497 e. The number of nitrogens with zero attached hydrogens (tertiary/aromatic N) is 1. The Balaban J connectivity index is 0.00000156. The fourth-order valence-electron chi connectivity index (χ4n) is 6.31. The van der Waals surface area contributed by atoms with Crippen molar-refractivity contribution in [3.8, 4) is 34.1 Å². The van der Waals surface area contributed by atoms with Crippen LogP contribution in [0.25, 0.3) is 32.7 Å². The third-order valence-corrected chi connectivity index (χ3v) is 10.4. The summed E-state index contributed by atoms with van der Waals surface area (Å²) in [4.78, 5) is 0. The van der Waals surface area contributed by atoms with Crippen LogP contribution < -0.4 is 18.5 Å². The third-order valence-electron chi connectivity index (χ3n) is 8.48. The van der Waals surface area contributed by atoms with Crippen molar-refractivity contribution in [1.82, 2.24) is 4.67 Å². The smallest absolute Gasteiger partial charge is 0.425 e. The van der Waals surface area contributed by atoms with E-state index in [4.69, 9.17) is 25.4 Å². The van der Waals surface area contributed by atoms with E-state index in [1.807, 2.05) is 36.4 Å². The molecule has 7 heteroatoms. The Morgan fingerprint density at radius 1 is 0.583 bits per heavy atom. The number of ether oxygens (including phenoxy) is 2. The largest absolute Gasteiger partial charge is 0.497 e. The molecule has 0 aliphatic carbocycles. The normalized spacial score (nSPS) is 13.0. The molecule has 7 rings (SSSR count). The summed E-state index contributed by atoms with van der Waals surface area (Å²) in [6, 6.07) is 40.9. The minimum absolute atomic E-state index is 0. The number of benzene rings is 6. The van der Waals surface area contributed by atoms with E-state index in [0.29, 0.717) is 0 Å². The molecule has 0 spiro atoms. The first-order chi connectivity index (χ1) is 21.6. The van der Waals surface area contributed by atoms with Crippen LogP contribution in [0.15, 0.2) is 121 Å². The van der Waals surface area contributed by atoms with Gasteiger partial charge in [-0.2, -0.15) is 0 Å². The summed E-state index contributed by atoms with van der Waals surface area (Å²) in [7, 11) is 1.13. The molecular weight excluding hydrogens is 794 g/mol. The molecule has 5 nitrogen and oxygen atoms in total. The maximum absolute atomic E-state index is 7.07. The van der Waals surface area contributed by atoms with Gasteiger partial charge < -0.3 is 38.7 Å². The van der Waals surface area contributed by atoms with Crippen molar-refractivity contribution in [2.45, 2.75) is 19.0 Å². The Labute approximate surface area is 301 Å². The van der Waals surface area contributed by atoms with Gasteiger partial charge in [0.1, 0.15) is 11.5 Å². The van der Waals surface area contributed by atoms with Gasteiger partial charge in [0.2, 0.25) is 0 Å². The maximum Gasteiger partial charge on any atom is 0.425 e. The van der Waals surface area contributed by atoms with Gasteiger partial charge in [-0.3, -0.25) is 9.05 Å². The van der Waals surface area contributed by atoms with Crippen LogP contribution in [0.5, 0.6) is 23.0 Å². The zero-order valence-electron chi connectivity index (χ0n) is 28.3. The fraction of sp³-hybridized carbons (Fsp3) is 0.122. The molecule has 0 saturated heterocycles. The molecule has 0 amide bonds. The van der Waals surface area contributed by atoms with E-state index in [9.17, 15) is 0 Å². The predicted molar refractivity (Wildman–Crippen MR) is 200 cm³/mol. The van der Waals surface area contributed by atoms with Crippen LogP contribution in [-0.2, 0) is 20.1 Å². The summed E-state index contributed by atoms with van der Waals surface area (Å²) in [6.45, 7) is 6.86. The zero-order chi connectivity index (χ0) is 30.2. The van der Waals surface area contributed by atoms with E-state index in [1.165, 1.54) is 0 Å². The first-order valence-electron chi connectivity index (χ1n) is 14.7. The van der Waals surface area contributed by atoms with E-state index in [-0.39, 0.29) is 54.5 Å². The van der Waals surface area contributed by atoms with Gasteiger partial charge in [-0.15, -0.1) is 4.67 Å². The number of para-hydroxylation sites is 2. The van der Waals surface area contributed by atoms with Crippen molar-refractivity contribution in [2.24, 2.45) is 0 Å². The molecule has 0 fully saturated rings. The number of hydrogen-bond donors (Lipinski definition) is 0. The Bertz CT molecular complexity index is 1840. The second kappa shape index (κ2) is 16.5. The quantitative estimate of drug-likeness (QED) is 0.118. The summed E-state index contributed by atoms with van der Waals surface area (Å²) < 4.78 is 28.0. The van der Waals surface area contributed by atoms with Gasteiger partial charge in [0, 0.05) is 36.8 Å². The van der Waals surface area contributed by atoms with E-state index in [2.05, 4.69) is 96.5 Å². The number of hydrogen-bond acceptors (Lipinski definition) is 5. The number of fused-ring (bicyclic) bond motifs is 7. The van der Waals surface area contributed by atoms with Gasteiger partial charge in [-0.25, -0.2) is 0 Å². The van der Waals surface area contributed by atoms with Crippen LogP contribution in [0.1, 0.15) is 30.1 Å². The molecule has 0 aromatic heterocycles. The van der Waals surface area contributed by atoms with Crippen molar-refractivity contribution in [2.75, 3.05) is 14.2 Å². The summed E-state index contributed by atoms with van der Waals surface area (Å²) >= 11 is 0. The molecule has 48 heavy (non-hydrogen) atoms. The van der Waals surface area contributed by atoms with Gasteiger partial charge in [0.25, 0.3) is 0 Å². The average molecular weight is 837 g/mol. The van der Waals surface area contributed by atoms with Crippen molar-refractivity contribution in [3.63, 3.8) is 0 Å². The molecule has 6 aromatic carbocycles. The third kappa shape index (κ3) is 6.81. The molecule has 1 radical (unpaired) electrons. The second-order valence-electron chi connectivity index (χ2n) is 10.9. The molecule has 0 saturated carbocycles. The number of rotatable bonds is 7. The first kappa shape index (κ1) is 38.5. The molecule has 1 aliphatic rings. The van der Waals surface area contributed by atoms with Crippen LogP contribution >= 0.6 is 8.53 Å². The van der Waals surface area contributed by atoms with Gasteiger partial charge in [0.15, 0.2) is 11.5 Å². The van der Waals surface area contributed by atoms with Gasteiger partial charge in [-0.05, 0) is 64.3 Å². The molecule has 0 N–H and O–H groups in total. The van der Waals surface area contributed by atoms with Gasteiger partial charge in [0.05, 0.1) is 20.3 Å². The predicted octanol–water partition coefficient (Wildman–Crippen LogP) is 11.4. The van der Waals surface area contributed by atoms with E-state index >= 15 is 0 Å². The number of methoxy groups -OCH3 is 2. The Hall–Kier alpha value is -3.92. The maximum atomic E-state index is 7.07. The van der Waals surface area contributed by atoms with Crippen molar-refractivity contribution in [3.05, 3.63) is 162 Å². The molecule has 0 bridgehead atoms. The van der Waals surface area contributed by atoms with E-state index in [0.717, 1.165) is 66.8 Å². The van der Waals surface area contributed by atoms with Crippen LogP contribution in [0.3, 0.4) is 0 Å². The van der Waals surface area contributed by atoms with Crippen LogP contribution in [0.4, 0.5) is 0 Å². The van der Waals surface area contributed by atoms with Crippen LogP contribution in [0, 0.1) is 29.2 Å². The monoisotopic (exact) mass is 837 g/mol. The molecule has 0 unspecified atom stereocenters. The SMILES string of the molecule is [CH2-][C@@H](c1ccccc1OC)N([C@@H](C)c1ccccc1OC)[PH+]1Oc2ccc3ccccc3c2-c2c(ccc3ccccc23)O1.[CH3-].[CH3-].[CH3-].[Ir]. The van der Waals surface area contributed by atoms with Crippen molar-refractivity contribution < 1.29 is 38.6 Å². The molecule has 1 heterocycles. The standard InChI is InChI=1S/C38H33NO4P.3CH3.Ir/c1-25(29-15-9-11-19-33(29)40-3)39(26(2)30-16-10-12-20-34(30)41-4)44-42-35-23-21-27-13-5-7-17-31(27)37(35)38-32-18-8-6-14-28(32)22-24-36(38)43-44;;;;/h5-26H,1H2,2-4H3;3*1H3;/q4*-1;/p+1/t25-,26-;;;;/m0..../s1. The van der Waals surface area contributed by atoms with Gasteiger partial charge >= 0.3 is 8.53 Å². The molecule has 1 aliphatic heterocycles. The Morgan fingerprint density at radius 2 is 1.00 bits per heavy atom. The summed E-state index contributed by atoms with van der Waals surface area (Å²) in [5.74, 6) is 3.14. The first-order valence-corrected chi connectivity index (χ1v) is 16.0. The average Bonchev–Trinajstić information content (AvgIpc) is 3.25. The summed E-state index contributed by atoms with van der Waals surface area (Å²) in [6.07, 6.45) is 0. The minimum atomic E-state index is -2.26. The Kier molecular flexibility index (Phi) is 13.2. The van der Waals surface area contributed by atoms with Crippen LogP contribution in [-0.4, -0.2) is 18.9 Å². The molecule has 6 aromatic rings. The van der Waals surface area contributed by atoms with Crippen molar-refractivity contribution >= 4 is 30.1 Å². The Morgan fingerprint density at radius 3 is 1.50 bits per heavy atom. The van der Waals surface area contributed by atoms with Gasteiger partial charge in [-0.1, -0.05) is 97.1 Å². The summed E-state index contributed by atoms with van der Waals surface area (Å²) in [5, 5.41) is 4.53. The van der Waals surface area contributed by atoms with E-state index in [1.54, 1.807) is 14.2 Å².